The van der Waals surface area contributed by atoms with Gasteiger partial charge in [-0.15, -0.1) is 0 Å². The molecule has 0 aromatic heterocycles. The first-order valence-corrected chi connectivity index (χ1v) is 7.56. The van der Waals surface area contributed by atoms with Crippen molar-refractivity contribution in [2.24, 2.45) is 0 Å². The Morgan fingerprint density at radius 2 is 1.80 bits per heavy atom. The van der Waals surface area contributed by atoms with Gasteiger partial charge in [0.05, 0.1) is 6.10 Å². The normalized spacial score (nSPS) is 16.4. The Kier molecular flexibility index (Phi) is 5.53. The zero-order chi connectivity index (χ0) is 14.4. The molecule has 2 rings (SSSR count). The predicted molar refractivity (Wildman–Crippen MR) is 82.4 cm³/mol. The second-order valence-electron chi connectivity index (χ2n) is 5.66. The predicted octanol–water partition coefficient (Wildman–Crippen LogP) is 2.92. The van der Waals surface area contributed by atoms with Crippen molar-refractivity contribution >= 4 is 5.69 Å². The fourth-order valence-corrected chi connectivity index (χ4v) is 2.49. The van der Waals surface area contributed by atoms with Crippen LogP contribution in [0.5, 0.6) is 11.5 Å². The number of rotatable bonds is 6. The molecule has 4 heteroatoms. The third-order valence-electron chi connectivity index (χ3n) is 3.40. The van der Waals surface area contributed by atoms with Crippen LogP contribution in [0.3, 0.4) is 0 Å². The first-order chi connectivity index (χ1) is 9.63. The molecule has 0 atom stereocenters. The van der Waals surface area contributed by atoms with Crippen LogP contribution in [0.15, 0.2) is 18.2 Å². The lowest BCUT2D eigenvalue weighted by Crippen LogP contribution is -2.33. The van der Waals surface area contributed by atoms with E-state index >= 15 is 0 Å². The molecule has 1 saturated heterocycles. The third kappa shape index (κ3) is 4.93. The maximum absolute atomic E-state index is 5.88. The lowest BCUT2D eigenvalue weighted by molar-refractivity contribution is 0.182. The second-order valence-corrected chi connectivity index (χ2v) is 5.66. The fraction of sp³-hybridized carbons (Fsp3) is 0.625. The number of likely N-dealkylation sites (tertiary alicyclic amines) is 1. The number of piperidine rings is 1. The van der Waals surface area contributed by atoms with Gasteiger partial charge in [0.2, 0.25) is 0 Å². The Bertz CT molecular complexity index is 415. The molecule has 0 saturated carbocycles. The summed E-state index contributed by atoms with van der Waals surface area (Å²) in [4.78, 5) is 2.46. The topological polar surface area (TPSA) is 47.7 Å². The summed E-state index contributed by atoms with van der Waals surface area (Å²) in [7, 11) is 0. The summed E-state index contributed by atoms with van der Waals surface area (Å²) in [5, 5.41) is 0. The van der Waals surface area contributed by atoms with Gasteiger partial charge in [-0.1, -0.05) is 6.42 Å². The van der Waals surface area contributed by atoms with E-state index in [4.69, 9.17) is 15.2 Å². The summed E-state index contributed by atoms with van der Waals surface area (Å²) >= 11 is 0. The summed E-state index contributed by atoms with van der Waals surface area (Å²) in [6.07, 6.45) is 4.12. The van der Waals surface area contributed by atoms with Crippen LogP contribution in [0, 0.1) is 0 Å². The first-order valence-electron chi connectivity index (χ1n) is 7.56. The van der Waals surface area contributed by atoms with Crippen LogP contribution in [-0.4, -0.2) is 37.2 Å². The minimum atomic E-state index is 0.137. The van der Waals surface area contributed by atoms with Crippen LogP contribution in [0.25, 0.3) is 0 Å². The van der Waals surface area contributed by atoms with Gasteiger partial charge >= 0.3 is 0 Å². The molecule has 2 N–H and O–H groups in total. The minimum absolute atomic E-state index is 0.137. The highest BCUT2D eigenvalue weighted by molar-refractivity contribution is 5.50. The molecule has 0 bridgehead atoms. The van der Waals surface area contributed by atoms with Crippen molar-refractivity contribution in [1.29, 1.82) is 0 Å². The van der Waals surface area contributed by atoms with E-state index in [1.165, 1.54) is 32.4 Å². The summed E-state index contributed by atoms with van der Waals surface area (Å²) < 4.78 is 11.5. The third-order valence-corrected chi connectivity index (χ3v) is 3.40. The summed E-state index contributed by atoms with van der Waals surface area (Å²) in [6.45, 7) is 8.07. The lowest BCUT2D eigenvalue weighted by atomic mass is 10.1. The molecule has 1 aromatic carbocycles. The fourth-order valence-electron chi connectivity index (χ4n) is 2.49. The van der Waals surface area contributed by atoms with E-state index in [1.54, 1.807) is 0 Å². The number of benzene rings is 1. The second kappa shape index (κ2) is 7.39. The monoisotopic (exact) mass is 278 g/mol. The van der Waals surface area contributed by atoms with E-state index < -0.39 is 0 Å². The van der Waals surface area contributed by atoms with Gasteiger partial charge in [0.25, 0.3) is 0 Å². The minimum Gasteiger partial charge on any atom is -0.492 e. The van der Waals surface area contributed by atoms with Gasteiger partial charge in [-0.2, -0.15) is 0 Å². The highest BCUT2D eigenvalue weighted by atomic mass is 16.5. The molecule has 1 aliphatic heterocycles. The van der Waals surface area contributed by atoms with Gasteiger partial charge in [-0.25, -0.2) is 0 Å². The molecule has 0 aliphatic carbocycles. The van der Waals surface area contributed by atoms with Crippen LogP contribution in [0.2, 0.25) is 0 Å². The number of ether oxygens (including phenoxy) is 2. The zero-order valence-electron chi connectivity index (χ0n) is 12.6. The van der Waals surface area contributed by atoms with E-state index in [1.807, 2.05) is 32.0 Å². The van der Waals surface area contributed by atoms with Gasteiger partial charge in [-0.3, -0.25) is 4.90 Å². The molecule has 4 nitrogen and oxygen atoms in total. The Morgan fingerprint density at radius 1 is 1.10 bits per heavy atom. The number of nitrogens with zero attached hydrogens (tertiary/aromatic N) is 1. The summed E-state index contributed by atoms with van der Waals surface area (Å²) in [5.74, 6) is 1.56. The summed E-state index contributed by atoms with van der Waals surface area (Å²) in [6, 6.07) is 5.59. The Morgan fingerprint density at radius 3 is 2.50 bits per heavy atom. The number of nitrogen functional groups attached to an aromatic ring is 1. The van der Waals surface area contributed by atoms with E-state index in [0.717, 1.165) is 18.0 Å². The molecule has 1 aliphatic rings. The van der Waals surface area contributed by atoms with E-state index in [0.29, 0.717) is 12.3 Å². The van der Waals surface area contributed by atoms with Crippen molar-refractivity contribution in [3.8, 4) is 11.5 Å². The molecule has 20 heavy (non-hydrogen) atoms. The van der Waals surface area contributed by atoms with Crippen LogP contribution in [0.1, 0.15) is 33.1 Å². The average molecular weight is 278 g/mol. The number of hydrogen-bond donors (Lipinski definition) is 1. The van der Waals surface area contributed by atoms with Crippen molar-refractivity contribution in [2.45, 2.75) is 39.2 Å². The largest absolute Gasteiger partial charge is 0.492 e. The molecule has 1 aromatic rings. The molecule has 1 fully saturated rings. The molecule has 1 heterocycles. The molecule has 0 radical (unpaired) electrons. The highest BCUT2D eigenvalue weighted by Gasteiger charge is 2.10. The van der Waals surface area contributed by atoms with E-state index in [-0.39, 0.29) is 6.10 Å². The SMILES string of the molecule is CC(C)Oc1cc(N)cc(OCCN2CCCCC2)c1. The summed E-state index contributed by atoms with van der Waals surface area (Å²) in [5.41, 5.74) is 6.56. The van der Waals surface area contributed by atoms with Crippen molar-refractivity contribution in [2.75, 3.05) is 32.0 Å². The van der Waals surface area contributed by atoms with Crippen molar-refractivity contribution in [3.05, 3.63) is 18.2 Å². The van der Waals surface area contributed by atoms with Gasteiger partial charge in [0.1, 0.15) is 18.1 Å². The quantitative estimate of drug-likeness (QED) is 0.813. The molecule has 0 unspecified atom stereocenters. The van der Waals surface area contributed by atoms with Gasteiger partial charge < -0.3 is 15.2 Å². The van der Waals surface area contributed by atoms with Gasteiger partial charge in [-0.05, 0) is 39.8 Å². The molecular weight excluding hydrogens is 252 g/mol. The highest BCUT2D eigenvalue weighted by Crippen LogP contribution is 2.25. The van der Waals surface area contributed by atoms with Crippen LogP contribution in [0.4, 0.5) is 5.69 Å². The number of anilines is 1. The number of nitrogens with two attached hydrogens (primary N) is 1. The maximum atomic E-state index is 5.88. The number of hydrogen-bond acceptors (Lipinski definition) is 4. The van der Waals surface area contributed by atoms with Crippen LogP contribution in [-0.2, 0) is 0 Å². The van der Waals surface area contributed by atoms with Gasteiger partial charge in [0, 0.05) is 30.4 Å². The molecular formula is C16H26N2O2. The average Bonchev–Trinajstić information content (AvgIpc) is 2.38. The Balaban J connectivity index is 1.83. The molecule has 112 valence electrons. The van der Waals surface area contributed by atoms with Crippen LogP contribution < -0.4 is 15.2 Å². The maximum Gasteiger partial charge on any atom is 0.125 e. The molecule has 0 spiro atoms. The first kappa shape index (κ1) is 15.0. The van der Waals surface area contributed by atoms with Crippen LogP contribution >= 0.6 is 0 Å². The molecule has 0 amide bonds. The van der Waals surface area contributed by atoms with Crippen molar-refractivity contribution in [1.82, 2.24) is 4.90 Å². The van der Waals surface area contributed by atoms with Gasteiger partial charge in [0.15, 0.2) is 0 Å². The van der Waals surface area contributed by atoms with Crippen molar-refractivity contribution in [3.63, 3.8) is 0 Å². The smallest absolute Gasteiger partial charge is 0.125 e. The Hall–Kier alpha value is -1.42. The van der Waals surface area contributed by atoms with Crippen molar-refractivity contribution < 1.29 is 9.47 Å². The lowest BCUT2D eigenvalue weighted by Gasteiger charge is -2.26. The zero-order valence-corrected chi connectivity index (χ0v) is 12.6. The standard InChI is InChI=1S/C16H26N2O2/c1-13(2)20-16-11-14(17)10-15(12-16)19-9-8-18-6-4-3-5-7-18/h10-13H,3-9,17H2,1-2H3. The van der Waals surface area contributed by atoms with E-state index in [9.17, 15) is 0 Å². The Labute approximate surface area is 121 Å². The van der Waals surface area contributed by atoms with E-state index in [2.05, 4.69) is 4.90 Å².